The first-order chi connectivity index (χ1) is 8.18. The molecule has 1 aromatic carbocycles. The van der Waals surface area contributed by atoms with E-state index in [1.54, 1.807) is 12.4 Å². The third kappa shape index (κ3) is 2.53. The van der Waals surface area contributed by atoms with Gasteiger partial charge in [-0.05, 0) is 17.5 Å². The van der Waals surface area contributed by atoms with Gasteiger partial charge in [-0.1, -0.05) is 32.0 Å². The lowest BCUT2D eigenvalue weighted by Gasteiger charge is -2.12. The Balaban J connectivity index is 2.22. The van der Waals surface area contributed by atoms with Gasteiger partial charge in [0.2, 0.25) is 0 Å². The van der Waals surface area contributed by atoms with Gasteiger partial charge in [0.25, 0.3) is 5.91 Å². The van der Waals surface area contributed by atoms with Crippen LogP contribution in [-0.4, -0.2) is 15.9 Å². The van der Waals surface area contributed by atoms with Crippen molar-refractivity contribution in [2.24, 2.45) is 0 Å². The van der Waals surface area contributed by atoms with E-state index in [-0.39, 0.29) is 5.91 Å². The molecule has 4 nitrogen and oxygen atoms in total. The lowest BCUT2D eigenvalue weighted by Crippen LogP contribution is -2.15. The van der Waals surface area contributed by atoms with E-state index in [0.717, 1.165) is 11.3 Å². The molecule has 88 valence electrons. The van der Waals surface area contributed by atoms with Crippen molar-refractivity contribution in [2.45, 2.75) is 19.8 Å². The number of anilines is 1. The molecule has 4 heteroatoms. The fourth-order valence-electron chi connectivity index (χ4n) is 1.69. The molecule has 2 N–H and O–H groups in total. The fourth-order valence-corrected chi connectivity index (χ4v) is 1.69. The molecule has 0 atom stereocenters. The molecule has 1 heterocycles. The number of aromatic amines is 1. The van der Waals surface area contributed by atoms with Gasteiger partial charge >= 0.3 is 0 Å². The minimum absolute atomic E-state index is 0.219. The predicted molar refractivity (Wildman–Crippen MR) is 67.1 cm³/mol. The van der Waals surface area contributed by atoms with Crippen molar-refractivity contribution in [1.82, 2.24) is 9.97 Å². The zero-order valence-corrected chi connectivity index (χ0v) is 9.90. The molecule has 0 saturated carbocycles. The van der Waals surface area contributed by atoms with E-state index in [1.807, 2.05) is 24.3 Å². The molecule has 1 aromatic heterocycles. The smallest absolute Gasteiger partial charge is 0.291 e. The average Bonchev–Trinajstić information content (AvgIpc) is 2.83. The van der Waals surface area contributed by atoms with E-state index in [4.69, 9.17) is 0 Å². The van der Waals surface area contributed by atoms with Crippen molar-refractivity contribution in [3.63, 3.8) is 0 Å². The van der Waals surface area contributed by atoms with Gasteiger partial charge in [-0.25, -0.2) is 4.98 Å². The number of aromatic nitrogens is 2. The van der Waals surface area contributed by atoms with Gasteiger partial charge in [-0.2, -0.15) is 0 Å². The Morgan fingerprint density at radius 1 is 1.35 bits per heavy atom. The lowest BCUT2D eigenvalue weighted by atomic mass is 10.0. The first-order valence-electron chi connectivity index (χ1n) is 5.58. The second-order valence-corrected chi connectivity index (χ2v) is 4.13. The molecule has 0 saturated heterocycles. The normalized spacial score (nSPS) is 10.5. The Hall–Kier alpha value is -2.10. The number of amides is 1. The van der Waals surface area contributed by atoms with E-state index < -0.39 is 0 Å². The first-order valence-corrected chi connectivity index (χ1v) is 5.58. The number of H-pyrrole nitrogens is 1. The maximum Gasteiger partial charge on any atom is 0.291 e. The van der Waals surface area contributed by atoms with Crippen LogP contribution in [0.4, 0.5) is 5.69 Å². The maximum absolute atomic E-state index is 11.8. The van der Waals surface area contributed by atoms with Crippen LogP contribution in [-0.2, 0) is 0 Å². The van der Waals surface area contributed by atoms with E-state index >= 15 is 0 Å². The number of para-hydroxylation sites is 1. The number of rotatable bonds is 3. The SMILES string of the molecule is CC(C)c1ccccc1NC(=O)c1ncc[nH]1. The highest BCUT2D eigenvalue weighted by Gasteiger charge is 2.11. The maximum atomic E-state index is 11.8. The molecule has 0 aliphatic carbocycles. The van der Waals surface area contributed by atoms with Crippen LogP contribution in [0.5, 0.6) is 0 Å². The molecule has 0 bridgehead atoms. The summed E-state index contributed by atoms with van der Waals surface area (Å²) in [6.07, 6.45) is 3.19. The molecule has 0 spiro atoms. The first kappa shape index (κ1) is 11.4. The van der Waals surface area contributed by atoms with Gasteiger partial charge < -0.3 is 10.3 Å². The summed E-state index contributed by atoms with van der Waals surface area (Å²) in [5, 5.41) is 2.86. The molecule has 0 aliphatic rings. The summed E-state index contributed by atoms with van der Waals surface area (Å²) < 4.78 is 0. The number of nitrogens with one attached hydrogen (secondary N) is 2. The topological polar surface area (TPSA) is 57.8 Å². The zero-order chi connectivity index (χ0) is 12.3. The summed E-state index contributed by atoms with van der Waals surface area (Å²) in [5.41, 5.74) is 1.95. The van der Waals surface area contributed by atoms with Crippen molar-refractivity contribution in [1.29, 1.82) is 0 Å². The summed E-state index contributed by atoms with van der Waals surface area (Å²) in [6, 6.07) is 7.79. The Morgan fingerprint density at radius 3 is 2.76 bits per heavy atom. The highest BCUT2D eigenvalue weighted by atomic mass is 16.2. The Kier molecular flexibility index (Phi) is 3.23. The third-order valence-corrected chi connectivity index (χ3v) is 2.54. The van der Waals surface area contributed by atoms with Crippen LogP contribution in [0.25, 0.3) is 0 Å². The lowest BCUT2D eigenvalue weighted by molar-refractivity contribution is 0.101. The van der Waals surface area contributed by atoms with Gasteiger partial charge in [-0.3, -0.25) is 4.79 Å². The van der Waals surface area contributed by atoms with Crippen molar-refractivity contribution >= 4 is 11.6 Å². The summed E-state index contributed by atoms with van der Waals surface area (Å²) >= 11 is 0. The quantitative estimate of drug-likeness (QED) is 0.850. The number of carbonyl (C=O) groups is 1. The predicted octanol–water partition coefficient (Wildman–Crippen LogP) is 2.79. The number of nitrogens with zero attached hydrogens (tertiary/aromatic N) is 1. The molecule has 2 rings (SSSR count). The summed E-state index contributed by atoms with van der Waals surface area (Å²) in [5.74, 6) is 0.467. The van der Waals surface area contributed by atoms with Crippen LogP contribution in [0.15, 0.2) is 36.7 Å². The van der Waals surface area contributed by atoms with Crippen molar-refractivity contribution in [2.75, 3.05) is 5.32 Å². The Labute approximate surface area is 100 Å². The standard InChI is InChI=1S/C13H15N3O/c1-9(2)10-5-3-4-6-11(10)16-13(17)12-14-7-8-15-12/h3-9H,1-2H3,(H,14,15)(H,16,17). The van der Waals surface area contributed by atoms with Gasteiger partial charge in [0.1, 0.15) is 0 Å². The van der Waals surface area contributed by atoms with Crippen LogP contribution in [0.2, 0.25) is 0 Å². The monoisotopic (exact) mass is 229 g/mol. The molecule has 0 unspecified atom stereocenters. The van der Waals surface area contributed by atoms with E-state index in [9.17, 15) is 4.79 Å². The van der Waals surface area contributed by atoms with Gasteiger partial charge in [0.15, 0.2) is 5.82 Å². The molecular weight excluding hydrogens is 214 g/mol. The highest BCUT2D eigenvalue weighted by Crippen LogP contribution is 2.23. The number of imidazole rings is 1. The van der Waals surface area contributed by atoms with Crippen LogP contribution in [0.1, 0.15) is 35.9 Å². The van der Waals surface area contributed by atoms with E-state index in [2.05, 4.69) is 29.1 Å². The average molecular weight is 229 g/mol. The van der Waals surface area contributed by atoms with Crippen LogP contribution in [0.3, 0.4) is 0 Å². The second-order valence-electron chi connectivity index (χ2n) is 4.13. The van der Waals surface area contributed by atoms with Crippen molar-refractivity contribution in [3.05, 3.63) is 48.0 Å². The van der Waals surface area contributed by atoms with Crippen LogP contribution in [0, 0.1) is 0 Å². The van der Waals surface area contributed by atoms with Crippen molar-refractivity contribution < 1.29 is 4.79 Å². The molecule has 0 aliphatic heterocycles. The minimum atomic E-state index is -0.219. The number of hydrogen-bond acceptors (Lipinski definition) is 2. The summed E-state index contributed by atoms with van der Waals surface area (Å²) in [7, 11) is 0. The molecule has 1 amide bonds. The number of benzene rings is 1. The van der Waals surface area contributed by atoms with Gasteiger partial charge in [-0.15, -0.1) is 0 Å². The molecule has 17 heavy (non-hydrogen) atoms. The minimum Gasteiger partial charge on any atom is -0.341 e. The zero-order valence-electron chi connectivity index (χ0n) is 9.90. The summed E-state index contributed by atoms with van der Waals surface area (Å²) in [4.78, 5) is 18.5. The third-order valence-electron chi connectivity index (χ3n) is 2.54. The van der Waals surface area contributed by atoms with E-state index in [0.29, 0.717) is 11.7 Å². The molecule has 2 aromatic rings. The van der Waals surface area contributed by atoms with Crippen LogP contribution >= 0.6 is 0 Å². The van der Waals surface area contributed by atoms with Crippen LogP contribution < -0.4 is 5.32 Å². The molecule has 0 radical (unpaired) electrons. The number of hydrogen-bond donors (Lipinski definition) is 2. The highest BCUT2D eigenvalue weighted by molar-refractivity contribution is 6.02. The van der Waals surface area contributed by atoms with E-state index in [1.165, 1.54) is 0 Å². The van der Waals surface area contributed by atoms with Gasteiger partial charge in [0, 0.05) is 18.1 Å². The molecular formula is C13H15N3O. The number of carbonyl (C=O) groups excluding carboxylic acids is 1. The Morgan fingerprint density at radius 2 is 2.12 bits per heavy atom. The Bertz CT molecular complexity index is 503. The summed E-state index contributed by atoms with van der Waals surface area (Å²) in [6.45, 7) is 4.19. The van der Waals surface area contributed by atoms with Crippen molar-refractivity contribution in [3.8, 4) is 0 Å². The van der Waals surface area contributed by atoms with Gasteiger partial charge in [0.05, 0.1) is 0 Å². The molecule has 0 fully saturated rings. The fraction of sp³-hybridized carbons (Fsp3) is 0.231. The largest absolute Gasteiger partial charge is 0.341 e. The second kappa shape index (κ2) is 4.82.